The first kappa shape index (κ1) is 11.1. The zero-order valence-corrected chi connectivity index (χ0v) is 9.98. The van der Waals surface area contributed by atoms with E-state index in [1.165, 1.54) is 11.1 Å². The molecular weight excluding hydrogens is 198 g/mol. The van der Waals surface area contributed by atoms with Crippen molar-refractivity contribution in [2.45, 2.75) is 26.3 Å². The quantitative estimate of drug-likeness (QED) is 0.825. The van der Waals surface area contributed by atoms with Crippen molar-refractivity contribution in [3.63, 3.8) is 0 Å². The fraction of sp³-hybridized carbons (Fsp3) is 0.462. The molecule has 0 amide bonds. The highest BCUT2D eigenvalue weighted by atomic mass is 15.1. The number of anilines is 1. The van der Waals surface area contributed by atoms with Crippen molar-refractivity contribution in [1.82, 2.24) is 9.88 Å². The van der Waals surface area contributed by atoms with Crippen LogP contribution >= 0.6 is 0 Å². The summed E-state index contributed by atoms with van der Waals surface area (Å²) in [6.07, 6.45) is 5.27. The van der Waals surface area contributed by atoms with Crippen LogP contribution in [0.5, 0.6) is 0 Å². The van der Waals surface area contributed by atoms with Gasteiger partial charge < -0.3 is 5.73 Å². The van der Waals surface area contributed by atoms with Gasteiger partial charge in [-0.1, -0.05) is 6.08 Å². The topological polar surface area (TPSA) is 42.1 Å². The average molecular weight is 217 g/mol. The molecule has 2 rings (SSSR count). The number of hydrogen-bond donors (Lipinski definition) is 1. The fourth-order valence-corrected chi connectivity index (χ4v) is 2.01. The summed E-state index contributed by atoms with van der Waals surface area (Å²) < 4.78 is 0. The van der Waals surface area contributed by atoms with Crippen LogP contribution in [0.15, 0.2) is 24.4 Å². The van der Waals surface area contributed by atoms with E-state index in [0.717, 1.165) is 19.5 Å². The first-order valence-corrected chi connectivity index (χ1v) is 5.82. The van der Waals surface area contributed by atoms with Crippen molar-refractivity contribution >= 4 is 11.4 Å². The second kappa shape index (κ2) is 4.66. The second-order valence-electron chi connectivity index (χ2n) is 4.54. The van der Waals surface area contributed by atoms with Crippen LogP contribution in [0.3, 0.4) is 0 Å². The zero-order valence-electron chi connectivity index (χ0n) is 9.98. The van der Waals surface area contributed by atoms with Crippen LogP contribution in [0, 0.1) is 0 Å². The molecule has 0 aromatic carbocycles. The van der Waals surface area contributed by atoms with Gasteiger partial charge >= 0.3 is 0 Å². The Hall–Kier alpha value is -1.35. The van der Waals surface area contributed by atoms with E-state index in [0.29, 0.717) is 11.9 Å². The second-order valence-corrected chi connectivity index (χ2v) is 4.54. The predicted octanol–water partition coefficient (Wildman–Crippen LogP) is 2.16. The molecule has 0 bridgehead atoms. The molecule has 86 valence electrons. The lowest BCUT2D eigenvalue weighted by Crippen LogP contribution is -2.34. The Kier molecular flexibility index (Phi) is 3.25. The van der Waals surface area contributed by atoms with E-state index in [9.17, 15) is 0 Å². The van der Waals surface area contributed by atoms with Crippen LogP contribution in [0.1, 0.15) is 25.8 Å². The molecule has 1 aromatic heterocycles. The number of nitrogens with two attached hydrogens (primary N) is 1. The van der Waals surface area contributed by atoms with E-state index in [1.807, 2.05) is 12.3 Å². The van der Waals surface area contributed by atoms with Gasteiger partial charge in [-0.2, -0.15) is 0 Å². The molecule has 0 saturated heterocycles. The number of rotatable bonds is 2. The molecule has 0 radical (unpaired) electrons. The molecule has 0 aliphatic carbocycles. The van der Waals surface area contributed by atoms with E-state index in [2.05, 4.69) is 35.9 Å². The van der Waals surface area contributed by atoms with Crippen LogP contribution in [-0.4, -0.2) is 29.0 Å². The Morgan fingerprint density at radius 2 is 2.19 bits per heavy atom. The largest absolute Gasteiger partial charge is 0.384 e. The summed E-state index contributed by atoms with van der Waals surface area (Å²) in [4.78, 5) is 6.60. The number of aromatic nitrogens is 1. The zero-order chi connectivity index (χ0) is 11.5. The minimum atomic E-state index is 0.587. The monoisotopic (exact) mass is 217 g/mol. The van der Waals surface area contributed by atoms with Crippen molar-refractivity contribution in [2.24, 2.45) is 0 Å². The van der Waals surface area contributed by atoms with Crippen molar-refractivity contribution in [3.05, 3.63) is 30.0 Å². The Morgan fingerprint density at radius 3 is 2.69 bits per heavy atom. The van der Waals surface area contributed by atoms with Gasteiger partial charge in [0.05, 0.1) is 0 Å². The SMILES string of the molecule is CC(C)N1CC=C(c2ccc(N)nc2)CC1. The number of hydrogen-bond acceptors (Lipinski definition) is 3. The van der Waals surface area contributed by atoms with Crippen LogP contribution in [0.4, 0.5) is 5.82 Å². The fourth-order valence-electron chi connectivity index (χ4n) is 2.01. The average Bonchev–Trinajstić information content (AvgIpc) is 2.30. The van der Waals surface area contributed by atoms with E-state index in [4.69, 9.17) is 5.73 Å². The third kappa shape index (κ3) is 2.42. The van der Waals surface area contributed by atoms with Crippen LogP contribution in [0.2, 0.25) is 0 Å². The standard InChI is InChI=1S/C13H19N3/c1-10(2)16-7-5-11(6-8-16)12-3-4-13(14)15-9-12/h3-5,9-10H,6-8H2,1-2H3,(H2,14,15). The smallest absolute Gasteiger partial charge is 0.123 e. The highest BCUT2D eigenvalue weighted by Gasteiger charge is 2.14. The predicted molar refractivity (Wildman–Crippen MR) is 68.0 cm³/mol. The lowest BCUT2D eigenvalue weighted by molar-refractivity contribution is 0.245. The molecule has 2 heterocycles. The maximum atomic E-state index is 5.58. The van der Waals surface area contributed by atoms with Gasteiger partial charge in [-0.15, -0.1) is 0 Å². The highest BCUT2D eigenvalue weighted by molar-refractivity contribution is 5.66. The lowest BCUT2D eigenvalue weighted by atomic mass is 10.0. The van der Waals surface area contributed by atoms with Crippen molar-refractivity contribution < 1.29 is 0 Å². The maximum absolute atomic E-state index is 5.58. The van der Waals surface area contributed by atoms with E-state index in [1.54, 1.807) is 0 Å². The van der Waals surface area contributed by atoms with E-state index in [-0.39, 0.29) is 0 Å². The van der Waals surface area contributed by atoms with Gasteiger partial charge in [0, 0.05) is 25.3 Å². The lowest BCUT2D eigenvalue weighted by Gasteiger charge is -2.29. The number of pyridine rings is 1. The molecule has 3 heteroatoms. The summed E-state index contributed by atoms with van der Waals surface area (Å²) in [7, 11) is 0. The van der Waals surface area contributed by atoms with Crippen LogP contribution in [0.25, 0.3) is 5.57 Å². The first-order chi connectivity index (χ1) is 7.66. The minimum Gasteiger partial charge on any atom is -0.384 e. The van der Waals surface area contributed by atoms with Gasteiger partial charge in [-0.25, -0.2) is 4.98 Å². The molecule has 0 unspecified atom stereocenters. The Labute approximate surface area is 97.0 Å². The minimum absolute atomic E-state index is 0.587. The van der Waals surface area contributed by atoms with Crippen LogP contribution < -0.4 is 5.73 Å². The summed E-state index contributed by atoms with van der Waals surface area (Å²) >= 11 is 0. The Bertz CT molecular complexity index is 379. The Balaban J connectivity index is 2.10. The summed E-state index contributed by atoms with van der Waals surface area (Å²) in [6.45, 7) is 6.65. The molecule has 16 heavy (non-hydrogen) atoms. The van der Waals surface area contributed by atoms with Crippen molar-refractivity contribution in [2.75, 3.05) is 18.8 Å². The summed E-state index contributed by atoms with van der Waals surface area (Å²) in [6, 6.07) is 4.55. The van der Waals surface area contributed by atoms with Gasteiger partial charge in [-0.3, -0.25) is 4.90 Å². The normalized spacial score (nSPS) is 17.6. The highest BCUT2D eigenvalue weighted by Crippen LogP contribution is 2.22. The molecule has 0 fully saturated rings. The molecule has 1 aromatic rings. The summed E-state index contributed by atoms with van der Waals surface area (Å²) in [5.41, 5.74) is 8.18. The van der Waals surface area contributed by atoms with Gasteiger partial charge in [0.2, 0.25) is 0 Å². The maximum Gasteiger partial charge on any atom is 0.123 e. The Morgan fingerprint density at radius 1 is 1.38 bits per heavy atom. The van der Waals surface area contributed by atoms with Gasteiger partial charge in [0.25, 0.3) is 0 Å². The van der Waals surface area contributed by atoms with E-state index < -0.39 is 0 Å². The van der Waals surface area contributed by atoms with Crippen molar-refractivity contribution in [3.8, 4) is 0 Å². The van der Waals surface area contributed by atoms with Gasteiger partial charge in [0.15, 0.2) is 0 Å². The van der Waals surface area contributed by atoms with E-state index >= 15 is 0 Å². The first-order valence-electron chi connectivity index (χ1n) is 5.82. The third-order valence-corrected chi connectivity index (χ3v) is 3.13. The summed E-state index contributed by atoms with van der Waals surface area (Å²) in [5.74, 6) is 0.587. The molecule has 0 saturated carbocycles. The molecule has 1 aliphatic rings. The van der Waals surface area contributed by atoms with Crippen molar-refractivity contribution in [1.29, 1.82) is 0 Å². The number of nitrogens with zero attached hydrogens (tertiary/aromatic N) is 2. The molecule has 1 aliphatic heterocycles. The van der Waals surface area contributed by atoms with Gasteiger partial charge in [0.1, 0.15) is 5.82 Å². The van der Waals surface area contributed by atoms with Crippen LogP contribution in [-0.2, 0) is 0 Å². The summed E-state index contributed by atoms with van der Waals surface area (Å²) in [5, 5.41) is 0. The molecule has 3 nitrogen and oxygen atoms in total. The molecule has 2 N–H and O–H groups in total. The molecule has 0 spiro atoms. The number of nitrogen functional groups attached to an aromatic ring is 1. The third-order valence-electron chi connectivity index (χ3n) is 3.13. The molecule has 0 atom stereocenters. The van der Waals surface area contributed by atoms with Gasteiger partial charge in [-0.05, 0) is 43.5 Å². The molecular formula is C13H19N3.